The maximum atomic E-state index is 12.3. The first-order chi connectivity index (χ1) is 11.3. The number of para-hydroxylation sites is 1. The van der Waals surface area contributed by atoms with Gasteiger partial charge in [0.15, 0.2) is 0 Å². The summed E-state index contributed by atoms with van der Waals surface area (Å²) in [6, 6.07) is 10.0. The van der Waals surface area contributed by atoms with Crippen molar-refractivity contribution in [1.29, 1.82) is 5.26 Å². The number of ether oxygens (including phenoxy) is 1. The largest absolute Gasteiger partial charge is 0.444 e. The Kier molecular flexibility index (Phi) is 4.16. The van der Waals surface area contributed by atoms with Crippen LogP contribution in [0.4, 0.5) is 10.5 Å². The predicted octanol–water partition coefficient (Wildman–Crippen LogP) is 3.40. The molecule has 3 rings (SSSR count). The lowest BCUT2D eigenvalue weighted by Gasteiger charge is -2.27. The number of hydrogen-bond acceptors (Lipinski definition) is 4. The van der Waals surface area contributed by atoms with Gasteiger partial charge in [0.25, 0.3) is 0 Å². The van der Waals surface area contributed by atoms with Crippen LogP contribution >= 0.6 is 0 Å². The Balaban J connectivity index is 1.68. The first-order valence-electron chi connectivity index (χ1n) is 8.54. The number of nitrogens with zero attached hydrogens (tertiary/aromatic N) is 3. The van der Waals surface area contributed by atoms with E-state index in [0.717, 1.165) is 50.3 Å². The molecule has 1 aromatic rings. The molecule has 24 heavy (non-hydrogen) atoms. The molecular formula is C19H25N3O2. The van der Waals surface area contributed by atoms with Crippen molar-refractivity contribution in [3.63, 3.8) is 0 Å². The lowest BCUT2D eigenvalue weighted by molar-refractivity contribution is 0.0276. The number of rotatable bonds is 1. The van der Waals surface area contributed by atoms with Crippen LogP contribution in [0.5, 0.6) is 0 Å². The maximum Gasteiger partial charge on any atom is 0.410 e. The fourth-order valence-electron chi connectivity index (χ4n) is 3.74. The molecule has 2 fully saturated rings. The zero-order valence-electron chi connectivity index (χ0n) is 14.7. The van der Waals surface area contributed by atoms with Gasteiger partial charge in [0.2, 0.25) is 0 Å². The fraction of sp³-hybridized carbons (Fsp3) is 0.579. The van der Waals surface area contributed by atoms with E-state index in [2.05, 4.69) is 11.0 Å². The molecule has 5 nitrogen and oxygen atoms in total. The van der Waals surface area contributed by atoms with Gasteiger partial charge in [-0.1, -0.05) is 12.1 Å². The van der Waals surface area contributed by atoms with Gasteiger partial charge in [-0.25, -0.2) is 4.79 Å². The molecule has 0 radical (unpaired) electrons. The number of anilines is 1. The molecular weight excluding hydrogens is 302 g/mol. The lowest BCUT2D eigenvalue weighted by atomic mass is 9.86. The first-order valence-corrected chi connectivity index (χ1v) is 8.54. The zero-order valence-corrected chi connectivity index (χ0v) is 14.7. The van der Waals surface area contributed by atoms with Crippen molar-refractivity contribution in [2.75, 3.05) is 31.1 Å². The number of carbonyl (C=O) groups is 1. The quantitative estimate of drug-likeness (QED) is 0.793. The van der Waals surface area contributed by atoms with Gasteiger partial charge < -0.3 is 14.5 Å². The summed E-state index contributed by atoms with van der Waals surface area (Å²) in [5.74, 6) is 0. The van der Waals surface area contributed by atoms with Crippen LogP contribution in [0.15, 0.2) is 24.3 Å². The molecule has 0 aromatic heterocycles. The third kappa shape index (κ3) is 3.33. The molecule has 1 spiro atoms. The second-order valence-electron chi connectivity index (χ2n) is 7.95. The number of nitriles is 1. The Labute approximate surface area is 143 Å². The van der Waals surface area contributed by atoms with Crippen LogP contribution < -0.4 is 4.90 Å². The summed E-state index contributed by atoms with van der Waals surface area (Å²) in [5, 5.41) is 9.31. The second-order valence-corrected chi connectivity index (χ2v) is 7.95. The molecule has 128 valence electrons. The lowest BCUT2D eigenvalue weighted by Crippen LogP contribution is -2.37. The highest BCUT2D eigenvalue weighted by Crippen LogP contribution is 2.42. The molecule has 0 aliphatic carbocycles. The summed E-state index contributed by atoms with van der Waals surface area (Å²) in [6.45, 7) is 9.01. The summed E-state index contributed by atoms with van der Waals surface area (Å²) in [7, 11) is 0. The minimum Gasteiger partial charge on any atom is -0.444 e. The molecule has 1 atom stereocenters. The van der Waals surface area contributed by atoms with E-state index >= 15 is 0 Å². The number of carbonyl (C=O) groups excluding carboxylic acids is 1. The van der Waals surface area contributed by atoms with Gasteiger partial charge >= 0.3 is 6.09 Å². The van der Waals surface area contributed by atoms with Gasteiger partial charge in [-0.3, -0.25) is 0 Å². The van der Waals surface area contributed by atoms with Gasteiger partial charge in [-0.05, 0) is 45.7 Å². The van der Waals surface area contributed by atoms with Crippen LogP contribution in [0.25, 0.3) is 0 Å². The zero-order chi connectivity index (χ0) is 17.4. The summed E-state index contributed by atoms with van der Waals surface area (Å²) < 4.78 is 5.50. The van der Waals surface area contributed by atoms with Crippen molar-refractivity contribution in [2.24, 2.45) is 5.41 Å². The highest BCUT2D eigenvalue weighted by atomic mass is 16.6. The topological polar surface area (TPSA) is 56.6 Å². The number of hydrogen-bond donors (Lipinski definition) is 0. The Morgan fingerprint density at radius 1 is 1.21 bits per heavy atom. The van der Waals surface area contributed by atoms with Crippen LogP contribution in [0, 0.1) is 16.7 Å². The van der Waals surface area contributed by atoms with E-state index in [1.165, 1.54) is 0 Å². The van der Waals surface area contributed by atoms with E-state index < -0.39 is 5.60 Å². The third-order valence-electron chi connectivity index (χ3n) is 4.89. The van der Waals surface area contributed by atoms with Crippen molar-refractivity contribution in [3.05, 3.63) is 29.8 Å². The predicted molar refractivity (Wildman–Crippen MR) is 92.8 cm³/mol. The second kappa shape index (κ2) is 6.01. The van der Waals surface area contributed by atoms with Crippen molar-refractivity contribution in [2.45, 2.75) is 39.2 Å². The average Bonchev–Trinajstić information content (AvgIpc) is 3.13. The summed E-state index contributed by atoms with van der Waals surface area (Å²) in [6.07, 6.45) is 1.83. The Morgan fingerprint density at radius 2 is 1.92 bits per heavy atom. The molecule has 2 heterocycles. The Bertz CT molecular complexity index is 674. The minimum atomic E-state index is -0.458. The maximum absolute atomic E-state index is 12.3. The van der Waals surface area contributed by atoms with E-state index in [9.17, 15) is 10.1 Å². The van der Waals surface area contributed by atoms with E-state index in [0.29, 0.717) is 0 Å². The first kappa shape index (κ1) is 16.6. The highest BCUT2D eigenvalue weighted by molar-refractivity contribution is 5.69. The summed E-state index contributed by atoms with van der Waals surface area (Å²) >= 11 is 0. The number of amides is 1. The van der Waals surface area contributed by atoms with E-state index in [-0.39, 0.29) is 11.5 Å². The monoisotopic (exact) mass is 327 g/mol. The van der Waals surface area contributed by atoms with Crippen LogP contribution in [-0.4, -0.2) is 42.8 Å². The molecule has 2 aliphatic rings. The van der Waals surface area contributed by atoms with Gasteiger partial charge in [-0.2, -0.15) is 5.26 Å². The van der Waals surface area contributed by atoms with Gasteiger partial charge in [-0.15, -0.1) is 0 Å². The van der Waals surface area contributed by atoms with Gasteiger partial charge in [0.05, 0.1) is 11.3 Å². The fourth-order valence-corrected chi connectivity index (χ4v) is 3.74. The van der Waals surface area contributed by atoms with Crippen LogP contribution in [0.1, 0.15) is 39.2 Å². The molecule has 5 heteroatoms. The third-order valence-corrected chi connectivity index (χ3v) is 4.89. The van der Waals surface area contributed by atoms with Crippen LogP contribution in [0.2, 0.25) is 0 Å². The van der Waals surface area contributed by atoms with Crippen molar-refractivity contribution in [1.82, 2.24) is 4.90 Å². The van der Waals surface area contributed by atoms with Gasteiger partial charge in [0.1, 0.15) is 11.7 Å². The summed E-state index contributed by atoms with van der Waals surface area (Å²) in [5.41, 5.74) is 1.39. The number of likely N-dealkylation sites (tertiary alicyclic amines) is 1. The van der Waals surface area contributed by atoms with Crippen molar-refractivity contribution in [3.8, 4) is 6.07 Å². The van der Waals surface area contributed by atoms with E-state index in [4.69, 9.17) is 4.74 Å². The van der Waals surface area contributed by atoms with E-state index in [1.54, 1.807) is 0 Å². The van der Waals surface area contributed by atoms with Gasteiger partial charge in [0, 0.05) is 31.6 Å². The smallest absolute Gasteiger partial charge is 0.410 e. The minimum absolute atomic E-state index is 0.124. The molecule has 1 aromatic carbocycles. The number of benzene rings is 1. The SMILES string of the molecule is CC(C)(C)OC(=O)N1CCC2(CCN(c3ccccc3C#N)C2)C1. The normalized spacial score (nSPS) is 23.6. The summed E-state index contributed by atoms with van der Waals surface area (Å²) in [4.78, 5) is 16.4. The molecule has 2 saturated heterocycles. The molecule has 0 N–H and O–H groups in total. The van der Waals surface area contributed by atoms with Crippen LogP contribution in [-0.2, 0) is 4.74 Å². The molecule has 1 unspecified atom stereocenters. The average molecular weight is 327 g/mol. The van der Waals surface area contributed by atoms with E-state index in [1.807, 2.05) is 49.9 Å². The van der Waals surface area contributed by atoms with Crippen LogP contribution in [0.3, 0.4) is 0 Å². The molecule has 0 saturated carbocycles. The Hall–Kier alpha value is -2.22. The standard InChI is InChI=1S/C19H25N3O2/c1-18(2,3)24-17(23)22-11-9-19(14-22)8-10-21(13-19)16-7-5-4-6-15(16)12-20/h4-7H,8-11,13-14H2,1-3H3. The molecule has 2 aliphatic heterocycles. The highest BCUT2D eigenvalue weighted by Gasteiger charge is 2.45. The molecule has 0 bridgehead atoms. The van der Waals surface area contributed by atoms with Crippen molar-refractivity contribution >= 4 is 11.8 Å². The van der Waals surface area contributed by atoms with Crippen molar-refractivity contribution < 1.29 is 9.53 Å². The Morgan fingerprint density at radius 3 is 2.62 bits per heavy atom. The molecule has 1 amide bonds.